The first-order chi connectivity index (χ1) is 5.31. The fraction of sp³-hybridized carbons (Fsp3) is 0.714. The highest BCUT2D eigenvalue weighted by Crippen LogP contribution is 2.07. The van der Waals surface area contributed by atoms with Crippen molar-refractivity contribution >= 4 is 12.0 Å². The van der Waals surface area contributed by atoms with Crippen molar-refractivity contribution < 1.29 is 14.3 Å². The number of carbonyl (C=O) groups is 2. The van der Waals surface area contributed by atoms with Crippen LogP contribution in [0.4, 0.5) is 4.79 Å². The topological polar surface area (TPSA) is 68.1 Å². The molecule has 5 heteroatoms. The lowest BCUT2D eigenvalue weighted by Gasteiger charge is -2.16. The van der Waals surface area contributed by atoms with Crippen LogP contribution in [0.2, 0.25) is 0 Å². The van der Waals surface area contributed by atoms with E-state index in [1.165, 1.54) is 6.92 Å². The van der Waals surface area contributed by atoms with Crippen molar-refractivity contribution in [1.29, 1.82) is 0 Å². The molecule has 0 radical (unpaired) electrons. The number of amides is 2. The number of nitrogens with zero attached hydrogens (tertiary/aromatic N) is 2. The van der Waals surface area contributed by atoms with Crippen LogP contribution in [0.1, 0.15) is 27.7 Å². The highest BCUT2D eigenvalue weighted by Gasteiger charge is 2.15. The summed E-state index contributed by atoms with van der Waals surface area (Å²) < 4.78 is 4.74. The smallest absolute Gasteiger partial charge is 0.441 e. The molecule has 0 aromatic heterocycles. The molecular formula is C7H12N2O3. The van der Waals surface area contributed by atoms with Crippen molar-refractivity contribution in [3.8, 4) is 0 Å². The SMILES string of the molecule is CC(=O)N=NC(=O)OC(C)(C)C. The third kappa shape index (κ3) is 6.85. The molecule has 2 amide bonds. The van der Waals surface area contributed by atoms with Gasteiger partial charge in [0.25, 0.3) is 5.91 Å². The Kier molecular flexibility index (Phi) is 3.53. The Hall–Kier alpha value is -1.26. The fourth-order valence-electron chi connectivity index (χ4n) is 0.394. The standard InChI is InChI=1S/C7H12N2O3/c1-5(10)8-9-6(11)12-7(2,3)4/h1-4H3. The van der Waals surface area contributed by atoms with Crippen molar-refractivity contribution in [2.45, 2.75) is 33.3 Å². The molecule has 0 fully saturated rings. The summed E-state index contributed by atoms with van der Waals surface area (Å²) in [6.45, 7) is 6.31. The first-order valence-electron chi connectivity index (χ1n) is 3.46. The Morgan fingerprint density at radius 2 is 1.67 bits per heavy atom. The predicted octanol–water partition coefficient (Wildman–Crippen LogP) is 1.92. The van der Waals surface area contributed by atoms with Gasteiger partial charge in [-0.15, -0.1) is 5.11 Å². The van der Waals surface area contributed by atoms with E-state index in [4.69, 9.17) is 4.74 Å². The molecule has 0 unspecified atom stereocenters. The van der Waals surface area contributed by atoms with Crippen LogP contribution >= 0.6 is 0 Å². The van der Waals surface area contributed by atoms with Gasteiger partial charge in [-0.05, 0) is 20.8 Å². The molecular weight excluding hydrogens is 160 g/mol. The molecule has 0 saturated carbocycles. The van der Waals surface area contributed by atoms with E-state index in [0.29, 0.717) is 0 Å². The Balaban J connectivity index is 3.99. The number of ether oxygens (including phenoxy) is 1. The summed E-state index contributed by atoms with van der Waals surface area (Å²) in [5.41, 5.74) is -0.604. The minimum atomic E-state index is -0.849. The lowest BCUT2D eigenvalue weighted by atomic mass is 10.2. The van der Waals surface area contributed by atoms with Gasteiger partial charge < -0.3 is 4.74 Å². The van der Waals surface area contributed by atoms with Gasteiger partial charge in [-0.1, -0.05) is 5.11 Å². The zero-order chi connectivity index (χ0) is 9.78. The summed E-state index contributed by atoms with van der Waals surface area (Å²) in [6, 6.07) is 0. The van der Waals surface area contributed by atoms with E-state index in [9.17, 15) is 9.59 Å². The molecule has 0 heterocycles. The van der Waals surface area contributed by atoms with Crippen LogP contribution in [-0.2, 0) is 9.53 Å². The van der Waals surface area contributed by atoms with Crippen LogP contribution in [-0.4, -0.2) is 17.6 Å². The summed E-state index contributed by atoms with van der Waals surface area (Å²) in [5, 5.41) is 6.04. The van der Waals surface area contributed by atoms with E-state index in [0.717, 1.165) is 0 Å². The maximum atomic E-state index is 10.7. The van der Waals surface area contributed by atoms with Crippen LogP contribution in [0.5, 0.6) is 0 Å². The summed E-state index contributed by atoms with van der Waals surface area (Å²) >= 11 is 0. The first kappa shape index (κ1) is 10.7. The molecule has 5 nitrogen and oxygen atoms in total. The average Bonchev–Trinajstić information content (AvgIpc) is 1.79. The molecule has 0 aromatic rings. The molecule has 0 atom stereocenters. The molecule has 0 aliphatic carbocycles. The summed E-state index contributed by atoms with van der Waals surface area (Å²) in [6.07, 6.45) is -0.849. The molecule has 0 aliphatic rings. The van der Waals surface area contributed by atoms with Gasteiger partial charge >= 0.3 is 6.09 Å². The predicted molar refractivity (Wildman–Crippen MR) is 41.8 cm³/mol. The molecule has 0 aromatic carbocycles. The number of azo groups is 1. The first-order valence-corrected chi connectivity index (χ1v) is 3.46. The zero-order valence-electron chi connectivity index (χ0n) is 7.62. The van der Waals surface area contributed by atoms with Crippen molar-refractivity contribution in [3.05, 3.63) is 0 Å². The van der Waals surface area contributed by atoms with Crippen LogP contribution < -0.4 is 0 Å². The van der Waals surface area contributed by atoms with E-state index < -0.39 is 17.6 Å². The van der Waals surface area contributed by atoms with Crippen LogP contribution in [0, 0.1) is 0 Å². The van der Waals surface area contributed by atoms with Gasteiger partial charge in [0.15, 0.2) is 0 Å². The average molecular weight is 172 g/mol. The number of hydrogen-bond donors (Lipinski definition) is 0. The summed E-state index contributed by atoms with van der Waals surface area (Å²) in [5.74, 6) is -0.527. The van der Waals surface area contributed by atoms with E-state index in [-0.39, 0.29) is 0 Å². The van der Waals surface area contributed by atoms with Crippen molar-refractivity contribution in [1.82, 2.24) is 0 Å². The van der Waals surface area contributed by atoms with Gasteiger partial charge in [0, 0.05) is 6.92 Å². The third-order valence-corrected chi connectivity index (χ3v) is 0.666. The van der Waals surface area contributed by atoms with E-state index in [1.807, 2.05) is 0 Å². The lowest BCUT2D eigenvalue weighted by Crippen LogP contribution is -2.21. The Bertz CT molecular complexity index is 215. The van der Waals surface area contributed by atoms with Gasteiger partial charge in [0.1, 0.15) is 5.60 Å². The second kappa shape index (κ2) is 3.94. The Labute approximate surface area is 70.8 Å². The van der Waals surface area contributed by atoms with Crippen LogP contribution in [0.15, 0.2) is 10.2 Å². The fourth-order valence-corrected chi connectivity index (χ4v) is 0.394. The molecule has 0 bridgehead atoms. The number of hydrogen-bond acceptors (Lipinski definition) is 3. The Morgan fingerprint density at radius 1 is 1.17 bits per heavy atom. The highest BCUT2D eigenvalue weighted by molar-refractivity contribution is 5.76. The molecule has 0 aliphatic heterocycles. The van der Waals surface area contributed by atoms with E-state index in [2.05, 4.69) is 10.2 Å². The molecule has 0 rings (SSSR count). The molecule has 12 heavy (non-hydrogen) atoms. The van der Waals surface area contributed by atoms with Crippen molar-refractivity contribution in [2.24, 2.45) is 10.2 Å². The number of carbonyl (C=O) groups excluding carboxylic acids is 2. The molecule has 0 spiro atoms. The van der Waals surface area contributed by atoms with Gasteiger partial charge in [0.2, 0.25) is 0 Å². The summed E-state index contributed by atoms with van der Waals surface area (Å²) in [7, 11) is 0. The highest BCUT2D eigenvalue weighted by atomic mass is 16.6. The molecule has 68 valence electrons. The van der Waals surface area contributed by atoms with Gasteiger partial charge in [-0.3, -0.25) is 4.79 Å². The van der Waals surface area contributed by atoms with E-state index in [1.54, 1.807) is 20.8 Å². The van der Waals surface area contributed by atoms with Crippen LogP contribution in [0.25, 0.3) is 0 Å². The molecule has 0 N–H and O–H groups in total. The van der Waals surface area contributed by atoms with Gasteiger partial charge in [-0.2, -0.15) is 0 Å². The normalized spacial score (nSPS) is 11.7. The largest absolute Gasteiger partial charge is 0.453 e. The lowest BCUT2D eigenvalue weighted by molar-refractivity contribution is -0.116. The second-order valence-electron chi connectivity index (χ2n) is 3.20. The summed E-state index contributed by atoms with van der Waals surface area (Å²) in [4.78, 5) is 21.0. The van der Waals surface area contributed by atoms with Crippen molar-refractivity contribution in [2.75, 3.05) is 0 Å². The van der Waals surface area contributed by atoms with E-state index >= 15 is 0 Å². The number of rotatable bonds is 0. The minimum absolute atomic E-state index is 0.527. The van der Waals surface area contributed by atoms with Gasteiger partial charge in [-0.25, -0.2) is 4.79 Å². The second-order valence-corrected chi connectivity index (χ2v) is 3.20. The third-order valence-electron chi connectivity index (χ3n) is 0.666. The van der Waals surface area contributed by atoms with Gasteiger partial charge in [0.05, 0.1) is 0 Å². The van der Waals surface area contributed by atoms with Crippen molar-refractivity contribution in [3.63, 3.8) is 0 Å². The van der Waals surface area contributed by atoms with Crippen LogP contribution in [0.3, 0.4) is 0 Å². The maximum absolute atomic E-state index is 10.7. The monoisotopic (exact) mass is 172 g/mol. The maximum Gasteiger partial charge on any atom is 0.453 e. The zero-order valence-corrected chi connectivity index (χ0v) is 7.62. The Morgan fingerprint density at radius 3 is 2.00 bits per heavy atom. The minimum Gasteiger partial charge on any atom is -0.441 e. The molecule has 0 saturated heterocycles. The quantitative estimate of drug-likeness (QED) is 0.524.